The molecule has 0 bridgehead atoms. The van der Waals surface area contributed by atoms with E-state index in [1.54, 1.807) is 6.07 Å². The molecule has 0 aromatic heterocycles. The van der Waals surface area contributed by atoms with E-state index in [4.69, 9.17) is 10.00 Å². The van der Waals surface area contributed by atoms with E-state index in [9.17, 15) is 13.2 Å². The molecule has 0 spiro atoms. The lowest BCUT2D eigenvalue weighted by Crippen LogP contribution is -2.19. The molecule has 1 fully saturated rings. The Kier molecular flexibility index (Phi) is 3.46. The van der Waals surface area contributed by atoms with Gasteiger partial charge in [0.1, 0.15) is 11.8 Å². The van der Waals surface area contributed by atoms with Crippen molar-refractivity contribution in [2.45, 2.75) is 25.4 Å². The zero-order chi connectivity index (χ0) is 13.2. The van der Waals surface area contributed by atoms with Crippen LogP contribution in [-0.4, -0.2) is 6.61 Å². The van der Waals surface area contributed by atoms with Gasteiger partial charge in [0.25, 0.3) is 0 Å². The smallest absolute Gasteiger partial charge is 0.416 e. The van der Waals surface area contributed by atoms with Gasteiger partial charge in [-0.25, -0.2) is 0 Å². The molecule has 0 radical (unpaired) electrons. The summed E-state index contributed by atoms with van der Waals surface area (Å²) in [6, 6.07) is 4.74. The van der Waals surface area contributed by atoms with Crippen LogP contribution >= 0.6 is 0 Å². The van der Waals surface area contributed by atoms with Gasteiger partial charge in [-0.2, -0.15) is 18.4 Å². The number of halogens is 3. The highest BCUT2D eigenvalue weighted by Crippen LogP contribution is 2.33. The second kappa shape index (κ2) is 4.89. The lowest BCUT2D eigenvalue weighted by Gasteiger charge is -2.25. The van der Waals surface area contributed by atoms with Crippen LogP contribution in [0.2, 0.25) is 0 Å². The molecular formula is C13H12F3NO. The molecule has 1 aliphatic rings. The molecule has 2 rings (SSSR count). The van der Waals surface area contributed by atoms with Crippen molar-refractivity contribution in [3.05, 3.63) is 29.3 Å². The lowest BCUT2D eigenvalue weighted by molar-refractivity contribution is -0.137. The predicted molar refractivity (Wildman–Crippen MR) is 59.0 cm³/mol. The summed E-state index contributed by atoms with van der Waals surface area (Å²) in [5.41, 5.74) is -0.890. The van der Waals surface area contributed by atoms with Gasteiger partial charge in [-0.3, -0.25) is 0 Å². The molecule has 0 unspecified atom stereocenters. The molecule has 1 aromatic carbocycles. The van der Waals surface area contributed by atoms with E-state index in [1.165, 1.54) is 12.5 Å². The maximum atomic E-state index is 12.5. The molecule has 0 saturated heterocycles. The first-order chi connectivity index (χ1) is 8.50. The monoisotopic (exact) mass is 255 g/mol. The van der Waals surface area contributed by atoms with Crippen molar-refractivity contribution >= 4 is 0 Å². The molecule has 1 saturated carbocycles. The zero-order valence-corrected chi connectivity index (χ0v) is 9.63. The fourth-order valence-corrected chi connectivity index (χ4v) is 1.79. The quantitative estimate of drug-likeness (QED) is 0.823. The summed E-state index contributed by atoms with van der Waals surface area (Å²) in [7, 11) is 0. The minimum Gasteiger partial charge on any atom is -0.492 e. The summed E-state index contributed by atoms with van der Waals surface area (Å²) in [4.78, 5) is 0. The molecule has 1 aromatic rings. The van der Waals surface area contributed by atoms with Crippen molar-refractivity contribution in [1.82, 2.24) is 0 Å². The number of hydrogen-bond acceptors (Lipinski definition) is 2. The number of hydrogen-bond donors (Lipinski definition) is 0. The normalized spacial score (nSPS) is 15.9. The fourth-order valence-electron chi connectivity index (χ4n) is 1.79. The Morgan fingerprint density at radius 3 is 2.56 bits per heavy atom. The first-order valence-electron chi connectivity index (χ1n) is 5.75. The number of alkyl halides is 3. The Balaban J connectivity index is 2.13. The van der Waals surface area contributed by atoms with Crippen molar-refractivity contribution < 1.29 is 17.9 Å². The van der Waals surface area contributed by atoms with Gasteiger partial charge in [-0.05, 0) is 37.0 Å². The van der Waals surface area contributed by atoms with Crippen LogP contribution in [0.15, 0.2) is 18.2 Å². The average Bonchev–Trinajstić information content (AvgIpc) is 2.25. The third-order valence-corrected chi connectivity index (χ3v) is 3.13. The molecule has 0 atom stereocenters. The van der Waals surface area contributed by atoms with Gasteiger partial charge in [0.15, 0.2) is 0 Å². The second-order valence-corrected chi connectivity index (χ2v) is 4.43. The number of ether oxygens (including phenoxy) is 1. The number of nitrogens with zero attached hydrogens (tertiary/aromatic N) is 1. The molecule has 0 aliphatic heterocycles. The van der Waals surface area contributed by atoms with Gasteiger partial charge in [-0.1, -0.05) is 6.42 Å². The number of nitriles is 1. The summed E-state index contributed by atoms with van der Waals surface area (Å²) < 4.78 is 42.8. The summed E-state index contributed by atoms with van der Waals surface area (Å²) in [5, 5.41) is 8.85. The van der Waals surface area contributed by atoms with E-state index in [1.807, 2.05) is 0 Å². The number of benzene rings is 1. The third-order valence-electron chi connectivity index (χ3n) is 3.13. The minimum absolute atomic E-state index is 0.0656. The second-order valence-electron chi connectivity index (χ2n) is 4.43. The highest BCUT2D eigenvalue weighted by molar-refractivity contribution is 5.46. The molecular weight excluding hydrogens is 243 g/mol. The Morgan fingerprint density at radius 1 is 1.33 bits per heavy atom. The average molecular weight is 255 g/mol. The van der Waals surface area contributed by atoms with E-state index in [0.717, 1.165) is 25.0 Å². The van der Waals surface area contributed by atoms with Crippen LogP contribution in [0, 0.1) is 17.2 Å². The van der Waals surface area contributed by atoms with Crippen LogP contribution in [0.5, 0.6) is 5.75 Å². The summed E-state index contributed by atoms with van der Waals surface area (Å²) in [5.74, 6) is 0.705. The summed E-state index contributed by atoms with van der Waals surface area (Å²) in [6.07, 6.45) is -1.09. The van der Waals surface area contributed by atoms with Crippen molar-refractivity contribution in [2.24, 2.45) is 5.92 Å². The number of rotatable bonds is 3. The maximum absolute atomic E-state index is 12.5. The molecule has 96 valence electrons. The van der Waals surface area contributed by atoms with E-state index in [0.29, 0.717) is 12.5 Å². The van der Waals surface area contributed by atoms with E-state index >= 15 is 0 Å². The van der Waals surface area contributed by atoms with Crippen LogP contribution < -0.4 is 4.74 Å². The Hall–Kier alpha value is -1.70. The SMILES string of the molecule is N#Cc1cc(C(F)(F)F)ccc1OCC1CCC1. The van der Waals surface area contributed by atoms with Gasteiger partial charge >= 0.3 is 6.18 Å². The minimum atomic E-state index is -4.43. The molecule has 0 amide bonds. The van der Waals surface area contributed by atoms with E-state index < -0.39 is 11.7 Å². The van der Waals surface area contributed by atoms with E-state index in [-0.39, 0.29) is 11.3 Å². The highest BCUT2D eigenvalue weighted by atomic mass is 19.4. The summed E-state index contributed by atoms with van der Waals surface area (Å²) in [6.45, 7) is 0.472. The molecule has 0 N–H and O–H groups in total. The highest BCUT2D eigenvalue weighted by Gasteiger charge is 2.31. The fraction of sp³-hybridized carbons (Fsp3) is 0.462. The van der Waals surface area contributed by atoms with Gasteiger partial charge < -0.3 is 4.74 Å². The standard InChI is InChI=1S/C13H12F3NO/c14-13(15,16)11-4-5-12(10(6-11)7-17)18-8-9-2-1-3-9/h4-6,9H,1-3,8H2. The van der Waals surface area contributed by atoms with E-state index in [2.05, 4.69) is 0 Å². The van der Waals surface area contributed by atoms with Crippen LogP contribution in [-0.2, 0) is 6.18 Å². The maximum Gasteiger partial charge on any atom is 0.416 e. The summed E-state index contributed by atoms with van der Waals surface area (Å²) >= 11 is 0. The van der Waals surface area contributed by atoms with Gasteiger partial charge in [0.05, 0.1) is 17.7 Å². The van der Waals surface area contributed by atoms with Crippen molar-refractivity contribution in [3.8, 4) is 11.8 Å². The van der Waals surface area contributed by atoms with Crippen LogP contribution in [0.1, 0.15) is 30.4 Å². The van der Waals surface area contributed by atoms with Crippen LogP contribution in [0.4, 0.5) is 13.2 Å². The first kappa shape index (κ1) is 12.7. The topological polar surface area (TPSA) is 33.0 Å². The molecule has 0 heterocycles. The zero-order valence-electron chi connectivity index (χ0n) is 9.63. The van der Waals surface area contributed by atoms with Gasteiger partial charge in [0.2, 0.25) is 0 Å². The largest absolute Gasteiger partial charge is 0.492 e. The van der Waals surface area contributed by atoms with Crippen molar-refractivity contribution in [2.75, 3.05) is 6.61 Å². The first-order valence-corrected chi connectivity index (χ1v) is 5.75. The lowest BCUT2D eigenvalue weighted by atomic mass is 9.86. The molecule has 18 heavy (non-hydrogen) atoms. The third kappa shape index (κ3) is 2.76. The molecule has 1 aliphatic carbocycles. The predicted octanol–water partition coefficient (Wildman–Crippen LogP) is 3.76. The van der Waals surface area contributed by atoms with Crippen LogP contribution in [0.3, 0.4) is 0 Å². The Morgan fingerprint density at radius 2 is 2.06 bits per heavy atom. The molecule has 2 nitrogen and oxygen atoms in total. The van der Waals surface area contributed by atoms with Crippen molar-refractivity contribution in [1.29, 1.82) is 5.26 Å². The van der Waals surface area contributed by atoms with Gasteiger partial charge in [-0.15, -0.1) is 0 Å². The van der Waals surface area contributed by atoms with Gasteiger partial charge in [0, 0.05) is 0 Å². The Labute approximate surface area is 103 Å². The molecule has 5 heteroatoms. The Bertz CT molecular complexity index is 472. The van der Waals surface area contributed by atoms with Crippen LogP contribution in [0.25, 0.3) is 0 Å². The van der Waals surface area contributed by atoms with Crippen molar-refractivity contribution in [3.63, 3.8) is 0 Å².